The molecule has 0 aromatic heterocycles. The molecule has 0 fully saturated rings. The molecule has 0 aromatic rings. The van der Waals surface area contributed by atoms with E-state index in [2.05, 4.69) is 12.2 Å². The van der Waals surface area contributed by atoms with Crippen LogP contribution < -0.4 is 5.32 Å². The summed E-state index contributed by atoms with van der Waals surface area (Å²) in [6, 6.07) is 0. The zero-order valence-corrected chi connectivity index (χ0v) is 8.53. The topological polar surface area (TPSA) is 29.1 Å². The summed E-state index contributed by atoms with van der Waals surface area (Å²) in [7, 11) is 0. The monoisotopic (exact) mass is 169 g/mol. The number of rotatable bonds is 4. The summed E-state index contributed by atoms with van der Waals surface area (Å²) in [5, 5.41) is 2.87. The number of nitrogens with one attached hydrogen (secondary N) is 1. The van der Waals surface area contributed by atoms with E-state index in [0.717, 1.165) is 30.5 Å². The molecule has 2 heteroatoms. The summed E-state index contributed by atoms with van der Waals surface area (Å²) >= 11 is 0. The van der Waals surface area contributed by atoms with Gasteiger partial charge in [-0.05, 0) is 27.2 Å². The van der Waals surface area contributed by atoms with E-state index >= 15 is 0 Å². The zero-order valence-electron chi connectivity index (χ0n) is 8.53. The molecule has 70 valence electrons. The Morgan fingerprint density at radius 2 is 1.83 bits per heavy atom. The van der Waals surface area contributed by atoms with Crippen molar-refractivity contribution < 1.29 is 4.79 Å². The van der Waals surface area contributed by atoms with E-state index < -0.39 is 0 Å². The van der Waals surface area contributed by atoms with Gasteiger partial charge in [0.15, 0.2) is 0 Å². The van der Waals surface area contributed by atoms with E-state index in [9.17, 15) is 4.79 Å². The molecular weight excluding hydrogens is 150 g/mol. The van der Waals surface area contributed by atoms with E-state index in [1.807, 2.05) is 20.8 Å². The molecule has 0 rings (SSSR count). The van der Waals surface area contributed by atoms with Gasteiger partial charge in [0.2, 0.25) is 5.91 Å². The van der Waals surface area contributed by atoms with Crippen LogP contribution in [0.5, 0.6) is 0 Å². The maximum atomic E-state index is 11.3. The molecule has 0 saturated heterocycles. The average Bonchev–Trinajstić information content (AvgIpc) is 2.03. The van der Waals surface area contributed by atoms with Gasteiger partial charge in [0, 0.05) is 12.1 Å². The van der Waals surface area contributed by atoms with Crippen molar-refractivity contribution >= 4 is 5.91 Å². The first kappa shape index (κ1) is 11.2. The zero-order chi connectivity index (χ0) is 9.56. The number of hydrogen-bond acceptors (Lipinski definition) is 1. The van der Waals surface area contributed by atoms with Gasteiger partial charge in [-0.25, -0.2) is 0 Å². The van der Waals surface area contributed by atoms with Crippen molar-refractivity contribution in [2.24, 2.45) is 0 Å². The minimum absolute atomic E-state index is 0.0726. The minimum Gasteiger partial charge on any atom is -0.352 e. The Kier molecular flexibility index (Phi) is 5.43. The van der Waals surface area contributed by atoms with Crippen molar-refractivity contribution in [3.63, 3.8) is 0 Å². The fourth-order valence-electron chi connectivity index (χ4n) is 0.738. The number of allylic oxidation sites excluding steroid dienone is 1. The van der Waals surface area contributed by atoms with Crippen molar-refractivity contribution in [3.8, 4) is 0 Å². The Labute approximate surface area is 75.0 Å². The van der Waals surface area contributed by atoms with Gasteiger partial charge in [0.05, 0.1) is 0 Å². The van der Waals surface area contributed by atoms with Crippen LogP contribution in [0, 0.1) is 0 Å². The maximum absolute atomic E-state index is 11.3. The van der Waals surface area contributed by atoms with Gasteiger partial charge in [-0.1, -0.05) is 18.9 Å². The molecule has 0 unspecified atom stereocenters. The van der Waals surface area contributed by atoms with Crippen molar-refractivity contribution in [1.82, 2.24) is 5.32 Å². The molecule has 0 heterocycles. The summed E-state index contributed by atoms with van der Waals surface area (Å²) in [5.74, 6) is 0.0726. The number of carbonyl (C=O) groups is 1. The minimum atomic E-state index is 0.0726. The Balaban J connectivity index is 3.81. The molecule has 0 aromatic carbocycles. The fourth-order valence-corrected chi connectivity index (χ4v) is 0.738. The summed E-state index contributed by atoms with van der Waals surface area (Å²) in [6.45, 7) is 8.67. The van der Waals surface area contributed by atoms with Gasteiger partial charge in [-0.3, -0.25) is 4.79 Å². The lowest BCUT2D eigenvalue weighted by atomic mass is 10.1. The van der Waals surface area contributed by atoms with Gasteiger partial charge in [-0.15, -0.1) is 0 Å². The van der Waals surface area contributed by atoms with E-state index in [-0.39, 0.29) is 5.91 Å². The Morgan fingerprint density at radius 3 is 2.25 bits per heavy atom. The average molecular weight is 169 g/mol. The molecule has 0 saturated carbocycles. The van der Waals surface area contributed by atoms with Crippen LogP contribution in [-0.2, 0) is 4.79 Å². The van der Waals surface area contributed by atoms with Gasteiger partial charge in [-0.2, -0.15) is 0 Å². The first-order valence-corrected chi connectivity index (χ1v) is 4.51. The SMILES string of the molecule is CCCCNC(=O)C(C)=C(C)C. The van der Waals surface area contributed by atoms with E-state index in [1.165, 1.54) is 0 Å². The second-order valence-electron chi connectivity index (χ2n) is 3.23. The highest BCUT2D eigenvalue weighted by Crippen LogP contribution is 2.01. The standard InChI is InChI=1S/C10H19NO/c1-5-6-7-11-10(12)9(4)8(2)3/h5-7H2,1-4H3,(H,11,12). The quantitative estimate of drug-likeness (QED) is 0.507. The van der Waals surface area contributed by atoms with Crippen LogP contribution in [0.3, 0.4) is 0 Å². The van der Waals surface area contributed by atoms with Gasteiger partial charge >= 0.3 is 0 Å². The smallest absolute Gasteiger partial charge is 0.246 e. The van der Waals surface area contributed by atoms with Crippen LogP contribution in [-0.4, -0.2) is 12.5 Å². The Hall–Kier alpha value is -0.790. The van der Waals surface area contributed by atoms with Crippen molar-refractivity contribution in [2.45, 2.75) is 40.5 Å². The molecule has 0 aliphatic heterocycles. The molecule has 12 heavy (non-hydrogen) atoms. The first-order chi connectivity index (χ1) is 5.59. The third-order valence-corrected chi connectivity index (χ3v) is 1.91. The maximum Gasteiger partial charge on any atom is 0.246 e. The fraction of sp³-hybridized carbons (Fsp3) is 0.700. The number of unbranched alkanes of at least 4 members (excludes halogenated alkanes) is 1. The highest BCUT2D eigenvalue weighted by Gasteiger charge is 2.03. The highest BCUT2D eigenvalue weighted by atomic mass is 16.1. The second-order valence-corrected chi connectivity index (χ2v) is 3.23. The molecular formula is C10H19NO. The van der Waals surface area contributed by atoms with Crippen molar-refractivity contribution in [3.05, 3.63) is 11.1 Å². The lowest BCUT2D eigenvalue weighted by Crippen LogP contribution is -2.25. The predicted octanol–water partition coefficient (Wildman–Crippen LogP) is 2.26. The molecule has 1 N–H and O–H groups in total. The van der Waals surface area contributed by atoms with E-state index in [0.29, 0.717) is 0 Å². The molecule has 0 aliphatic rings. The highest BCUT2D eigenvalue weighted by molar-refractivity contribution is 5.93. The summed E-state index contributed by atoms with van der Waals surface area (Å²) in [6.07, 6.45) is 2.18. The van der Waals surface area contributed by atoms with E-state index in [1.54, 1.807) is 0 Å². The van der Waals surface area contributed by atoms with Crippen LogP contribution in [0.1, 0.15) is 40.5 Å². The third-order valence-electron chi connectivity index (χ3n) is 1.91. The number of amides is 1. The van der Waals surface area contributed by atoms with Crippen LogP contribution >= 0.6 is 0 Å². The molecule has 0 bridgehead atoms. The van der Waals surface area contributed by atoms with Crippen LogP contribution in [0.25, 0.3) is 0 Å². The van der Waals surface area contributed by atoms with Crippen LogP contribution in [0.15, 0.2) is 11.1 Å². The molecule has 1 amide bonds. The molecule has 0 spiro atoms. The lowest BCUT2D eigenvalue weighted by molar-refractivity contribution is -0.117. The van der Waals surface area contributed by atoms with Crippen LogP contribution in [0.4, 0.5) is 0 Å². The van der Waals surface area contributed by atoms with Crippen LogP contribution in [0.2, 0.25) is 0 Å². The molecule has 0 atom stereocenters. The Morgan fingerprint density at radius 1 is 1.25 bits per heavy atom. The van der Waals surface area contributed by atoms with Crippen molar-refractivity contribution in [1.29, 1.82) is 0 Å². The van der Waals surface area contributed by atoms with Gasteiger partial charge in [0.25, 0.3) is 0 Å². The predicted molar refractivity (Wildman–Crippen MR) is 52.0 cm³/mol. The van der Waals surface area contributed by atoms with E-state index in [4.69, 9.17) is 0 Å². The van der Waals surface area contributed by atoms with Crippen molar-refractivity contribution in [2.75, 3.05) is 6.54 Å². The summed E-state index contributed by atoms with van der Waals surface area (Å²) in [5.41, 5.74) is 1.93. The normalized spacial score (nSPS) is 9.33. The van der Waals surface area contributed by atoms with Gasteiger partial charge < -0.3 is 5.32 Å². The second kappa shape index (κ2) is 5.81. The molecule has 2 nitrogen and oxygen atoms in total. The largest absolute Gasteiger partial charge is 0.352 e. The summed E-state index contributed by atoms with van der Waals surface area (Å²) < 4.78 is 0. The van der Waals surface area contributed by atoms with Gasteiger partial charge in [0.1, 0.15) is 0 Å². The number of hydrogen-bond donors (Lipinski definition) is 1. The third kappa shape index (κ3) is 4.16. The molecule has 0 radical (unpaired) electrons. The molecule has 0 aliphatic carbocycles. The number of carbonyl (C=O) groups excluding carboxylic acids is 1. The first-order valence-electron chi connectivity index (χ1n) is 4.51. The Bertz CT molecular complexity index is 178. The lowest BCUT2D eigenvalue weighted by Gasteiger charge is -2.05. The summed E-state index contributed by atoms with van der Waals surface area (Å²) in [4.78, 5) is 11.3.